The molecule has 3 rings (SSSR count). The van der Waals surface area contributed by atoms with Gasteiger partial charge in [-0.1, -0.05) is 47.1 Å². The Bertz CT molecular complexity index is 996. The van der Waals surface area contributed by atoms with Gasteiger partial charge in [-0.2, -0.15) is 0 Å². The fraction of sp³-hybridized carbons (Fsp3) is 0.318. The van der Waals surface area contributed by atoms with E-state index >= 15 is 0 Å². The van der Waals surface area contributed by atoms with Crippen molar-refractivity contribution in [3.8, 4) is 0 Å². The molecule has 0 saturated carbocycles. The zero-order chi connectivity index (χ0) is 21.3. The van der Waals surface area contributed by atoms with Crippen molar-refractivity contribution in [3.63, 3.8) is 0 Å². The van der Waals surface area contributed by atoms with E-state index in [1.54, 1.807) is 19.2 Å². The monoisotopic (exact) mass is 429 g/mol. The van der Waals surface area contributed by atoms with Crippen molar-refractivity contribution in [2.24, 2.45) is 4.99 Å². The third-order valence-corrected chi connectivity index (χ3v) is 6.30. The Morgan fingerprint density at radius 3 is 2.45 bits per heavy atom. The largest absolute Gasteiger partial charge is 0.326 e. The maximum atomic E-state index is 12.6. The van der Waals surface area contributed by atoms with Gasteiger partial charge in [0.25, 0.3) is 0 Å². The van der Waals surface area contributed by atoms with E-state index in [0.717, 1.165) is 33.6 Å². The van der Waals surface area contributed by atoms with Gasteiger partial charge >= 0.3 is 0 Å². The standard InChI is InChI=1S/C22H24ClN3O2S/c1-12-8-14(3)20(15(4)9-12)25-19(27)11-18-21(28)26(5)22(29-18)24-17-10-16(23)7-6-13(17)2/h6-10,18H,11H2,1-5H3,(H,25,27). The number of anilines is 1. The fourth-order valence-corrected chi connectivity index (χ4v) is 4.65. The van der Waals surface area contributed by atoms with Crippen molar-refractivity contribution in [1.82, 2.24) is 4.90 Å². The Hall–Kier alpha value is -2.31. The normalized spacial score (nSPS) is 17.9. The Labute approximate surface area is 180 Å². The molecule has 1 N–H and O–H groups in total. The maximum absolute atomic E-state index is 12.6. The summed E-state index contributed by atoms with van der Waals surface area (Å²) in [5.41, 5.74) is 5.67. The number of rotatable bonds is 4. The number of nitrogens with zero attached hydrogens (tertiary/aromatic N) is 2. The number of aliphatic imine (C=N–C) groups is 1. The summed E-state index contributed by atoms with van der Waals surface area (Å²) in [4.78, 5) is 31.4. The molecule has 1 heterocycles. The van der Waals surface area contributed by atoms with Crippen molar-refractivity contribution in [1.29, 1.82) is 0 Å². The number of aryl methyl sites for hydroxylation is 4. The second-order valence-corrected chi connectivity index (χ2v) is 8.96. The molecular weight excluding hydrogens is 406 g/mol. The first-order chi connectivity index (χ1) is 13.7. The number of halogens is 1. The van der Waals surface area contributed by atoms with Crippen LogP contribution in [0.1, 0.15) is 28.7 Å². The zero-order valence-corrected chi connectivity index (χ0v) is 18.7. The molecule has 5 nitrogen and oxygen atoms in total. The molecule has 2 aromatic rings. The minimum atomic E-state index is -0.496. The van der Waals surface area contributed by atoms with Crippen LogP contribution in [0, 0.1) is 27.7 Å². The summed E-state index contributed by atoms with van der Waals surface area (Å²) < 4.78 is 0. The predicted molar refractivity (Wildman–Crippen MR) is 121 cm³/mol. The lowest BCUT2D eigenvalue weighted by Gasteiger charge is -2.14. The molecule has 0 bridgehead atoms. The van der Waals surface area contributed by atoms with Crippen molar-refractivity contribution < 1.29 is 9.59 Å². The second-order valence-electron chi connectivity index (χ2n) is 7.35. The predicted octanol–water partition coefficient (Wildman–Crippen LogP) is 5.16. The number of carbonyl (C=O) groups excluding carboxylic acids is 2. The molecule has 1 saturated heterocycles. The van der Waals surface area contributed by atoms with Gasteiger partial charge in [0.2, 0.25) is 11.8 Å². The highest BCUT2D eigenvalue weighted by Crippen LogP contribution is 2.33. The maximum Gasteiger partial charge on any atom is 0.242 e. The second kappa shape index (κ2) is 8.59. The van der Waals surface area contributed by atoms with Crippen LogP contribution in [0.3, 0.4) is 0 Å². The zero-order valence-electron chi connectivity index (χ0n) is 17.2. The topological polar surface area (TPSA) is 61.8 Å². The number of carbonyl (C=O) groups is 2. The molecular formula is C22H24ClN3O2S. The van der Waals surface area contributed by atoms with Crippen molar-refractivity contribution in [2.45, 2.75) is 39.4 Å². The van der Waals surface area contributed by atoms with Crippen LogP contribution in [0.4, 0.5) is 11.4 Å². The summed E-state index contributed by atoms with van der Waals surface area (Å²) in [6.07, 6.45) is 0.0914. The van der Waals surface area contributed by atoms with Crippen LogP contribution >= 0.6 is 23.4 Å². The highest BCUT2D eigenvalue weighted by Gasteiger charge is 2.37. The van der Waals surface area contributed by atoms with Crippen LogP contribution in [0.25, 0.3) is 0 Å². The molecule has 1 aliphatic heterocycles. The lowest BCUT2D eigenvalue weighted by molar-refractivity contribution is -0.127. The molecule has 2 amide bonds. The minimum Gasteiger partial charge on any atom is -0.326 e. The first kappa shape index (κ1) is 21.4. The van der Waals surface area contributed by atoms with Crippen LogP contribution in [0.15, 0.2) is 35.3 Å². The number of hydrogen-bond donors (Lipinski definition) is 1. The average Bonchev–Trinajstić information content (AvgIpc) is 2.89. The highest BCUT2D eigenvalue weighted by atomic mass is 35.5. The van der Waals surface area contributed by atoms with E-state index in [9.17, 15) is 9.59 Å². The molecule has 1 unspecified atom stereocenters. The number of amidine groups is 1. The SMILES string of the molecule is Cc1cc(C)c(NC(=O)CC2SC(=Nc3cc(Cl)ccc3C)N(C)C2=O)c(C)c1. The summed E-state index contributed by atoms with van der Waals surface area (Å²) in [6, 6.07) is 9.53. The van der Waals surface area contributed by atoms with E-state index in [1.807, 2.05) is 45.9 Å². The molecule has 1 atom stereocenters. The van der Waals surface area contributed by atoms with Gasteiger partial charge < -0.3 is 5.32 Å². The van der Waals surface area contributed by atoms with E-state index < -0.39 is 5.25 Å². The van der Waals surface area contributed by atoms with Gasteiger partial charge in [0.05, 0.1) is 5.69 Å². The van der Waals surface area contributed by atoms with Gasteiger partial charge in [-0.3, -0.25) is 14.5 Å². The fourth-order valence-electron chi connectivity index (χ4n) is 3.34. The molecule has 0 aliphatic carbocycles. The van der Waals surface area contributed by atoms with Crippen LogP contribution in [0.2, 0.25) is 5.02 Å². The smallest absolute Gasteiger partial charge is 0.242 e. The summed E-state index contributed by atoms with van der Waals surface area (Å²) in [5.74, 6) is -0.305. The van der Waals surface area contributed by atoms with Gasteiger partial charge in [-0.15, -0.1) is 0 Å². The molecule has 0 radical (unpaired) electrons. The first-order valence-electron chi connectivity index (χ1n) is 9.32. The molecule has 2 aromatic carbocycles. The summed E-state index contributed by atoms with van der Waals surface area (Å²) >= 11 is 7.38. The van der Waals surface area contributed by atoms with Gasteiger partial charge in [-0.05, 0) is 56.5 Å². The Balaban J connectivity index is 1.74. The molecule has 1 aliphatic rings. The van der Waals surface area contributed by atoms with Crippen LogP contribution in [-0.4, -0.2) is 34.2 Å². The number of thioether (sulfide) groups is 1. The number of benzene rings is 2. The van der Waals surface area contributed by atoms with Crippen molar-refractivity contribution in [2.75, 3.05) is 12.4 Å². The Morgan fingerprint density at radius 2 is 1.79 bits per heavy atom. The number of nitrogens with one attached hydrogen (secondary N) is 1. The van der Waals surface area contributed by atoms with E-state index in [1.165, 1.54) is 16.7 Å². The summed E-state index contributed by atoms with van der Waals surface area (Å²) in [6.45, 7) is 7.90. The molecule has 0 spiro atoms. The van der Waals surface area contributed by atoms with E-state index in [2.05, 4.69) is 10.3 Å². The number of amides is 2. The quantitative estimate of drug-likeness (QED) is 0.729. The Morgan fingerprint density at radius 1 is 1.14 bits per heavy atom. The van der Waals surface area contributed by atoms with Gasteiger partial charge in [0, 0.05) is 24.2 Å². The van der Waals surface area contributed by atoms with Gasteiger partial charge in [0.1, 0.15) is 5.25 Å². The van der Waals surface area contributed by atoms with Crippen LogP contribution in [0.5, 0.6) is 0 Å². The lowest BCUT2D eigenvalue weighted by Crippen LogP contribution is -2.30. The lowest BCUT2D eigenvalue weighted by atomic mass is 10.0. The van der Waals surface area contributed by atoms with E-state index in [4.69, 9.17) is 11.6 Å². The van der Waals surface area contributed by atoms with Crippen LogP contribution < -0.4 is 5.32 Å². The Kier molecular flexibility index (Phi) is 6.34. The summed E-state index contributed by atoms with van der Waals surface area (Å²) in [5, 5.41) is 3.63. The van der Waals surface area contributed by atoms with Crippen molar-refractivity contribution >= 4 is 51.7 Å². The van der Waals surface area contributed by atoms with Gasteiger partial charge in [0.15, 0.2) is 5.17 Å². The summed E-state index contributed by atoms with van der Waals surface area (Å²) in [7, 11) is 1.68. The molecule has 0 aromatic heterocycles. The third kappa shape index (κ3) is 4.82. The van der Waals surface area contributed by atoms with E-state index in [0.29, 0.717) is 10.2 Å². The average molecular weight is 430 g/mol. The highest BCUT2D eigenvalue weighted by molar-refractivity contribution is 8.15. The molecule has 29 heavy (non-hydrogen) atoms. The third-order valence-electron chi connectivity index (χ3n) is 4.84. The molecule has 152 valence electrons. The van der Waals surface area contributed by atoms with E-state index in [-0.39, 0.29) is 18.2 Å². The number of hydrogen-bond acceptors (Lipinski definition) is 4. The van der Waals surface area contributed by atoms with Gasteiger partial charge in [-0.25, -0.2) is 4.99 Å². The molecule has 1 fully saturated rings. The first-order valence-corrected chi connectivity index (χ1v) is 10.6. The molecule has 7 heteroatoms. The van der Waals surface area contributed by atoms with Crippen molar-refractivity contribution in [3.05, 3.63) is 57.6 Å². The van der Waals surface area contributed by atoms with Crippen LogP contribution in [-0.2, 0) is 9.59 Å². The minimum absolute atomic E-state index is 0.0914.